The minimum atomic E-state index is -5.02. The van der Waals surface area contributed by atoms with Crippen molar-refractivity contribution in [1.82, 2.24) is 19.6 Å². The van der Waals surface area contributed by atoms with Crippen LogP contribution >= 0.6 is 0 Å². The van der Waals surface area contributed by atoms with Gasteiger partial charge >= 0.3 is 12.4 Å². The summed E-state index contributed by atoms with van der Waals surface area (Å²) in [5.74, 6) is 0.277. The van der Waals surface area contributed by atoms with Gasteiger partial charge in [-0.3, -0.25) is 4.40 Å². The molecule has 0 amide bonds. The number of fused-ring (bicyclic) bond motifs is 1. The predicted octanol–water partition coefficient (Wildman–Crippen LogP) is 4.42. The molecule has 1 saturated heterocycles. The molecular formula is C18H15F6N5O. The summed E-state index contributed by atoms with van der Waals surface area (Å²) < 4.78 is 86.2. The first kappa shape index (κ1) is 20.4. The van der Waals surface area contributed by atoms with Gasteiger partial charge in [0.2, 0.25) is 5.95 Å². The highest BCUT2D eigenvalue weighted by atomic mass is 19.4. The number of alkyl halides is 6. The largest absolute Gasteiger partial charge is 0.417 e. The summed E-state index contributed by atoms with van der Waals surface area (Å²) in [4.78, 5) is 3.95. The maximum absolute atomic E-state index is 13.6. The van der Waals surface area contributed by atoms with Crippen LogP contribution in [-0.2, 0) is 17.1 Å². The fourth-order valence-corrected chi connectivity index (χ4v) is 3.31. The van der Waals surface area contributed by atoms with Crippen molar-refractivity contribution in [3.8, 4) is 11.3 Å². The number of halogens is 6. The van der Waals surface area contributed by atoms with E-state index >= 15 is 0 Å². The van der Waals surface area contributed by atoms with Gasteiger partial charge in [0, 0.05) is 24.8 Å². The van der Waals surface area contributed by atoms with Crippen LogP contribution < -0.4 is 5.32 Å². The van der Waals surface area contributed by atoms with Gasteiger partial charge in [-0.2, -0.15) is 26.3 Å². The first-order chi connectivity index (χ1) is 14.1. The smallest absolute Gasteiger partial charge is 0.381 e. The molecular weight excluding hydrogens is 416 g/mol. The van der Waals surface area contributed by atoms with Gasteiger partial charge in [0.05, 0.1) is 22.8 Å². The summed E-state index contributed by atoms with van der Waals surface area (Å²) in [6.45, 7) is 1.13. The van der Waals surface area contributed by atoms with E-state index in [-0.39, 0.29) is 29.3 Å². The van der Waals surface area contributed by atoms with E-state index in [0.717, 1.165) is 18.9 Å². The SMILES string of the molecule is FC(F)(F)c1ccc(-c2nnc(NC3CCOCC3)n3cncc23)c(C(F)(F)F)c1. The monoisotopic (exact) mass is 431 g/mol. The average Bonchev–Trinajstić information content (AvgIpc) is 3.18. The molecule has 0 saturated carbocycles. The Kier molecular flexibility index (Phi) is 5.04. The van der Waals surface area contributed by atoms with Gasteiger partial charge in [0.1, 0.15) is 12.0 Å². The van der Waals surface area contributed by atoms with E-state index in [2.05, 4.69) is 20.5 Å². The second-order valence-electron chi connectivity index (χ2n) is 6.81. The molecule has 3 heterocycles. The molecule has 30 heavy (non-hydrogen) atoms. The predicted molar refractivity (Wildman–Crippen MR) is 93.7 cm³/mol. The molecule has 0 aliphatic carbocycles. The maximum atomic E-state index is 13.6. The Labute approximate surface area is 165 Å². The lowest BCUT2D eigenvalue weighted by atomic mass is 10.00. The van der Waals surface area contributed by atoms with E-state index in [4.69, 9.17) is 4.74 Å². The quantitative estimate of drug-likeness (QED) is 0.622. The number of aromatic nitrogens is 4. The minimum Gasteiger partial charge on any atom is -0.381 e. The van der Waals surface area contributed by atoms with E-state index in [1.807, 2.05) is 0 Å². The summed E-state index contributed by atoms with van der Waals surface area (Å²) in [7, 11) is 0. The van der Waals surface area contributed by atoms with E-state index in [1.54, 1.807) is 0 Å². The Morgan fingerprint density at radius 2 is 1.73 bits per heavy atom. The van der Waals surface area contributed by atoms with E-state index in [1.165, 1.54) is 16.9 Å². The summed E-state index contributed by atoms with van der Waals surface area (Å²) in [6.07, 6.45) is -5.85. The second-order valence-corrected chi connectivity index (χ2v) is 6.81. The van der Waals surface area contributed by atoms with Crippen LogP contribution in [0.2, 0.25) is 0 Å². The second kappa shape index (κ2) is 7.42. The van der Waals surface area contributed by atoms with E-state index < -0.39 is 29.0 Å². The van der Waals surface area contributed by atoms with Crippen molar-refractivity contribution in [3.63, 3.8) is 0 Å². The van der Waals surface area contributed by atoms with Crippen molar-refractivity contribution in [2.24, 2.45) is 0 Å². The van der Waals surface area contributed by atoms with Gasteiger partial charge in [0.25, 0.3) is 0 Å². The highest BCUT2D eigenvalue weighted by Gasteiger charge is 2.39. The molecule has 1 aliphatic rings. The number of rotatable bonds is 3. The summed E-state index contributed by atoms with van der Waals surface area (Å²) >= 11 is 0. The number of imidazole rings is 1. The van der Waals surface area contributed by atoms with Gasteiger partial charge in [0.15, 0.2) is 0 Å². The molecule has 1 aromatic carbocycles. The third-order valence-corrected chi connectivity index (χ3v) is 4.82. The van der Waals surface area contributed by atoms with E-state index in [9.17, 15) is 26.3 Å². The highest BCUT2D eigenvalue weighted by Crippen LogP contribution is 2.41. The van der Waals surface area contributed by atoms with Crippen LogP contribution in [0, 0.1) is 0 Å². The maximum Gasteiger partial charge on any atom is 0.417 e. The first-order valence-electron chi connectivity index (χ1n) is 8.96. The zero-order valence-corrected chi connectivity index (χ0v) is 15.3. The number of nitrogens with zero attached hydrogens (tertiary/aromatic N) is 4. The fourth-order valence-electron chi connectivity index (χ4n) is 3.31. The lowest BCUT2D eigenvalue weighted by Gasteiger charge is -2.23. The summed E-state index contributed by atoms with van der Waals surface area (Å²) in [5, 5.41) is 11.0. The molecule has 1 aliphatic heterocycles. The third kappa shape index (κ3) is 3.91. The van der Waals surface area contributed by atoms with Gasteiger partial charge < -0.3 is 10.1 Å². The Morgan fingerprint density at radius 3 is 2.40 bits per heavy atom. The third-order valence-electron chi connectivity index (χ3n) is 4.82. The number of benzene rings is 1. The van der Waals surface area contributed by atoms with Crippen molar-refractivity contribution in [2.45, 2.75) is 31.2 Å². The van der Waals surface area contributed by atoms with Crippen LogP contribution in [0.5, 0.6) is 0 Å². The summed E-state index contributed by atoms with van der Waals surface area (Å²) in [6, 6.07) is 1.47. The average molecular weight is 431 g/mol. The van der Waals surface area contributed by atoms with Crippen LogP contribution in [0.15, 0.2) is 30.7 Å². The van der Waals surface area contributed by atoms with Crippen LogP contribution in [-0.4, -0.2) is 38.8 Å². The normalized spacial score (nSPS) is 16.2. The molecule has 1 fully saturated rings. The Balaban J connectivity index is 1.80. The molecule has 2 aromatic heterocycles. The molecule has 4 rings (SSSR count). The van der Waals surface area contributed by atoms with Crippen molar-refractivity contribution in [2.75, 3.05) is 18.5 Å². The zero-order valence-electron chi connectivity index (χ0n) is 15.3. The lowest BCUT2D eigenvalue weighted by molar-refractivity contribution is -0.142. The number of hydrogen-bond acceptors (Lipinski definition) is 5. The van der Waals surface area contributed by atoms with Crippen molar-refractivity contribution in [3.05, 3.63) is 41.9 Å². The molecule has 0 radical (unpaired) electrons. The van der Waals surface area contributed by atoms with Crippen LogP contribution in [0.25, 0.3) is 16.8 Å². The molecule has 0 spiro atoms. The highest BCUT2D eigenvalue weighted by molar-refractivity contribution is 5.79. The minimum absolute atomic E-state index is 0.0429. The lowest BCUT2D eigenvalue weighted by Crippen LogP contribution is -2.29. The molecule has 0 bridgehead atoms. The molecule has 6 nitrogen and oxygen atoms in total. The Hall–Kier alpha value is -2.89. The van der Waals surface area contributed by atoms with Gasteiger partial charge in [-0.25, -0.2) is 4.98 Å². The van der Waals surface area contributed by atoms with Gasteiger partial charge in [-0.1, -0.05) is 6.07 Å². The number of ether oxygens (including phenoxy) is 1. The molecule has 0 atom stereocenters. The standard InChI is InChI=1S/C18H15F6N5O/c19-17(20,21)10-1-2-12(13(7-10)18(22,23)24)15-14-8-25-9-29(14)16(28-27-15)26-11-3-5-30-6-4-11/h1-2,7-9,11H,3-6H2,(H,26,28). The topological polar surface area (TPSA) is 64.3 Å². The fraction of sp³-hybridized carbons (Fsp3) is 0.389. The van der Waals surface area contributed by atoms with Gasteiger partial charge in [-0.15, -0.1) is 10.2 Å². The van der Waals surface area contributed by atoms with Gasteiger partial charge in [-0.05, 0) is 25.0 Å². The molecule has 160 valence electrons. The Morgan fingerprint density at radius 1 is 1.00 bits per heavy atom. The molecule has 12 heteroatoms. The summed E-state index contributed by atoms with van der Waals surface area (Å²) in [5.41, 5.74) is -3.38. The molecule has 0 unspecified atom stereocenters. The number of nitrogens with one attached hydrogen (secondary N) is 1. The van der Waals surface area contributed by atoms with E-state index in [0.29, 0.717) is 19.3 Å². The Bertz CT molecular complexity index is 1060. The van der Waals surface area contributed by atoms with Crippen molar-refractivity contribution >= 4 is 11.5 Å². The number of hydrogen-bond donors (Lipinski definition) is 1. The molecule has 3 aromatic rings. The van der Waals surface area contributed by atoms with Crippen molar-refractivity contribution < 1.29 is 31.1 Å². The first-order valence-corrected chi connectivity index (χ1v) is 8.96. The van der Waals surface area contributed by atoms with Crippen molar-refractivity contribution in [1.29, 1.82) is 0 Å². The van der Waals surface area contributed by atoms with Crippen LogP contribution in [0.1, 0.15) is 24.0 Å². The van der Waals surface area contributed by atoms with Crippen LogP contribution in [0.4, 0.5) is 32.3 Å². The number of anilines is 1. The zero-order chi connectivity index (χ0) is 21.5. The van der Waals surface area contributed by atoms with Crippen LogP contribution in [0.3, 0.4) is 0 Å². The molecule has 1 N–H and O–H groups in total.